The Labute approximate surface area is 242 Å². The molecule has 0 saturated heterocycles. The second kappa shape index (κ2) is 11.1. The topological polar surface area (TPSA) is 77.2 Å². The smallest absolute Gasteiger partial charge is 0.434 e. The Hall–Kier alpha value is -5.27. The van der Waals surface area contributed by atoms with E-state index in [2.05, 4.69) is 10.1 Å². The van der Waals surface area contributed by atoms with E-state index >= 15 is 8.78 Å². The lowest BCUT2D eigenvalue weighted by molar-refractivity contribution is -0.185. The third kappa shape index (κ3) is 6.09. The van der Waals surface area contributed by atoms with Crippen molar-refractivity contribution in [2.75, 3.05) is 0 Å². The average Bonchev–Trinajstić information content (AvgIpc) is 3.44. The second-order valence-electron chi connectivity index (χ2n) is 9.27. The van der Waals surface area contributed by atoms with Crippen LogP contribution in [0.25, 0.3) is 28.2 Å². The molecule has 14 heteroatoms. The highest BCUT2D eigenvalue weighted by Gasteiger charge is 2.41. The maximum atomic E-state index is 15.3. The van der Waals surface area contributed by atoms with Gasteiger partial charge in [-0.1, -0.05) is 42.5 Å². The van der Waals surface area contributed by atoms with E-state index in [-0.39, 0.29) is 17.0 Å². The van der Waals surface area contributed by atoms with Gasteiger partial charge in [0, 0.05) is 5.56 Å². The summed E-state index contributed by atoms with van der Waals surface area (Å²) >= 11 is 0. The summed E-state index contributed by atoms with van der Waals surface area (Å²) in [7, 11) is 0. The Balaban J connectivity index is 1.44. The van der Waals surface area contributed by atoms with Gasteiger partial charge in [0.05, 0.1) is 23.0 Å². The van der Waals surface area contributed by atoms with Crippen molar-refractivity contribution in [2.45, 2.75) is 18.5 Å². The zero-order chi connectivity index (χ0) is 31.9. The largest absolute Gasteiger partial charge is 0.478 e. The number of hydrogen-bond donors (Lipinski definition) is 1. The van der Waals surface area contributed by atoms with E-state index in [0.717, 1.165) is 30.3 Å². The molecule has 0 amide bonds. The molecular formula is C30H17F8N3O3. The van der Waals surface area contributed by atoms with Gasteiger partial charge in [0.1, 0.15) is 11.3 Å². The van der Waals surface area contributed by atoms with Gasteiger partial charge in [-0.3, -0.25) is 0 Å². The minimum atomic E-state index is -5.10. The highest BCUT2D eigenvalue weighted by Crippen LogP contribution is 2.39. The van der Waals surface area contributed by atoms with E-state index < -0.39 is 52.6 Å². The summed E-state index contributed by atoms with van der Waals surface area (Å²) in [4.78, 5) is 15.4. The molecule has 0 aliphatic carbocycles. The standard InChI is InChI=1S/C30H17F8N3O3/c31-28(32,33)19-12-8-17(9-13-19)18-10-14-20(15-11-18)30(37,38)44-24-6-2-1-4-21(24)23-5-3-7-25(40-23)41-26(29(34,35)36)22(16-39-41)27(42)43/h1-16H,(H,42,43). The number of carboxylic acid groups (broad SMARTS) is 1. The maximum Gasteiger partial charge on any atom is 0.434 e. The normalized spacial score (nSPS) is 12.3. The van der Waals surface area contributed by atoms with E-state index in [1.165, 1.54) is 60.7 Å². The number of ether oxygens (including phenoxy) is 1. The predicted molar refractivity (Wildman–Crippen MR) is 140 cm³/mol. The molecular weight excluding hydrogens is 602 g/mol. The first kappa shape index (κ1) is 30.2. The lowest BCUT2D eigenvalue weighted by atomic mass is 10.0. The third-order valence-corrected chi connectivity index (χ3v) is 6.39. The summed E-state index contributed by atoms with van der Waals surface area (Å²) in [5, 5.41) is 12.7. The van der Waals surface area contributed by atoms with Crippen LogP contribution in [0.3, 0.4) is 0 Å². The first-order valence-electron chi connectivity index (χ1n) is 12.5. The van der Waals surface area contributed by atoms with E-state index in [0.29, 0.717) is 22.0 Å². The molecule has 0 fully saturated rings. The van der Waals surface area contributed by atoms with E-state index in [1.807, 2.05) is 0 Å². The maximum absolute atomic E-state index is 15.3. The van der Waals surface area contributed by atoms with Crippen molar-refractivity contribution >= 4 is 5.97 Å². The second-order valence-corrected chi connectivity index (χ2v) is 9.27. The number of pyridine rings is 1. The zero-order valence-corrected chi connectivity index (χ0v) is 21.9. The van der Waals surface area contributed by atoms with Gasteiger partial charge in [0.15, 0.2) is 11.5 Å². The molecule has 0 bridgehead atoms. The molecule has 5 rings (SSSR count). The van der Waals surface area contributed by atoms with Gasteiger partial charge in [-0.15, -0.1) is 0 Å². The van der Waals surface area contributed by atoms with Crippen molar-refractivity contribution in [3.8, 4) is 34.0 Å². The Bertz CT molecular complexity index is 1810. The summed E-state index contributed by atoms with van der Waals surface area (Å²) in [5.41, 5.74) is -3.47. The summed E-state index contributed by atoms with van der Waals surface area (Å²) < 4.78 is 116. The van der Waals surface area contributed by atoms with Crippen molar-refractivity contribution in [3.05, 3.63) is 120 Å². The van der Waals surface area contributed by atoms with Crippen molar-refractivity contribution in [2.24, 2.45) is 0 Å². The van der Waals surface area contributed by atoms with Crippen LogP contribution in [0.2, 0.25) is 0 Å². The SMILES string of the molecule is O=C(O)c1cnn(-c2cccc(-c3ccccc3OC(F)(F)c3ccc(-c4ccc(C(F)(F)F)cc4)cc3)n2)c1C(F)(F)F. The summed E-state index contributed by atoms with van der Waals surface area (Å²) in [6.07, 6.45) is -13.0. The molecule has 0 spiro atoms. The molecule has 1 N–H and O–H groups in total. The number of alkyl halides is 8. The number of nitrogens with zero attached hydrogens (tertiary/aromatic N) is 3. The van der Waals surface area contributed by atoms with Crippen LogP contribution in [0.15, 0.2) is 97.2 Å². The highest BCUT2D eigenvalue weighted by molar-refractivity contribution is 5.89. The summed E-state index contributed by atoms with van der Waals surface area (Å²) in [6, 6.07) is 18.0. The number of para-hydroxylation sites is 1. The lowest BCUT2D eigenvalue weighted by Crippen LogP contribution is -2.22. The molecule has 0 aliphatic heterocycles. The van der Waals surface area contributed by atoms with Crippen LogP contribution < -0.4 is 4.74 Å². The molecule has 0 aliphatic rings. The van der Waals surface area contributed by atoms with Gasteiger partial charge in [-0.2, -0.15) is 40.2 Å². The number of carbonyl (C=O) groups is 1. The molecule has 0 unspecified atom stereocenters. The van der Waals surface area contributed by atoms with E-state index in [1.54, 1.807) is 0 Å². The fourth-order valence-corrected chi connectivity index (χ4v) is 4.32. The van der Waals surface area contributed by atoms with E-state index in [4.69, 9.17) is 4.74 Å². The molecule has 3 aromatic carbocycles. The Kier molecular flexibility index (Phi) is 7.61. The molecule has 0 radical (unpaired) electrons. The van der Waals surface area contributed by atoms with Crippen LogP contribution in [-0.4, -0.2) is 25.8 Å². The number of hydrogen-bond acceptors (Lipinski definition) is 4. The number of halogens is 8. The predicted octanol–water partition coefficient (Wildman–Crippen LogP) is 8.47. The zero-order valence-electron chi connectivity index (χ0n) is 21.9. The number of aromatic nitrogens is 3. The highest BCUT2D eigenvalue weighted by atomic mass is 19.4. The van der Waals surface area contributed by atoms with E-state index in [9.17, 15) is 36.2 Å². The van der Waals surface area contributed by atoms with Crippen molar-refractivity contribution in [1.82, 2.24) is 14.8 Å². The van der Waals surface area contributed by atoms with Crippen LogP contribution in [0.4, 0.5) is 35.1 Å². The molecule has 2 heterocycles. The summed E-state index contributed by atoms with van der Waals surface area (Å²) in [6.45, 7) is 0. The Morgan fingerprint density at radius 2 is 1.30 bits per heavy atom. The van der Waals surface area contributed by atoms with Crippen LogP contribution in [0, 0.1) is 0 Å². The van der Waals surface area contributed by atoms with Gasteiger partial charge in [-0.25, -0.2) is 14.5 Å². The van der Waals surface area contributed by atoms with Gasteiger partial charge in [-0.05, 0) is 59.7 Å². The fraction of sp³-hybridized carbons (Fsp3) is 0.100. The average molecular weight is 619 g/mol. The Morgan fingerprint density at radius 3 is 1.86 bits per heavy atom. The number of aromatic carboxylic acids is 1. The molecule has 2 aromatic heterocycles. The number of rotatable bonds is 7. The van der Waals surface area contributed by atoms with Crippen LogP contribution in [0.5, 0.6) is 5.75 Å². The van der Waals surface area contributed by atoms with Crippen LogP contribution in [-0.2, 0) is 18.5 Å². The van der Waals surface area contributed by atoms with Crippen molar-refractivity contribution in [3.63, 3.8) is 0 Å². The molecule has 226 valence electrons. The van der Waals surface area contributed by atoms with Gasteiger partial charge in [0.25, 0.3) is 0 Å². The molecule has 0 saturated carbocycles. The lowest BCUT2D eigenvalue weighted by Gasteiger charge is -2.20. The minimum absolute atomic E-state index is 0.0189. The van der Waals surface area contributed by atoms with Crippen molar-refractivity contribution in [1.29, 1.82) is 0 Å². The number of carboxylic acids is 1. The van der Waals surface area contributed by atoms with Gasteiger partial charge in [0.2, 0.25) is 0 Å². The summed E-state index contributed by atoms with van der Waals surface area (Å²) in [5.74, 6) is -2.66. The molecule has 5 aromatic rings. The van der Waals surface area contributed by atoms with Gasteiger partial charge >= 0.3 is 24.4 Å². The fourth-order valence-electron chi connectivity index (χ4n) is 4.32. The first-order chi connectivity index (χ1) is 20.6. The first-order valence-corrected chi connectivity index (χ1v) is 12.5. The van der Waals surface area contributed by atoms with Crippen LogP contribution in [0.1, 0.15) is 27.2 Å². The monoisotopic (exact) mass is 619 g/mol. The molecule has 6 nitrogen and oxygen atoms in total. The van der Waals surface area contributed by atoms with Gasteiger partial charge < -0.3 is 9.84 Å². The van der Waals surface area contributed by atoms with Crippen molar-refractivity contribution < 1.29 is 49.8 Å². The third-order valence-electron chi connectivity index (χ3n) is 6.39. The minimum Gasteiger partial charge on any atom is -0.478 e. The number of benzene rings is 3. The molecule has 44 heavy (non-hydrogen) atoms. The quantitative estimate of drug-likeness (QED) is 0.185. The molecule has 0 atom stereocenters. The van der Waals surface area contributed by atoms with Crippen LogP contribution >= 0.6 is 0 Å². The Morgan fingerprint density at radius 1 is 0.705 bits per heavy atom.